The minimum Gasteiger partial charge on any atom is -0.348 e. The molecule has 3 aromatic rings. The van der Waals surface area contributed by atoms with Crippen molar-refractivity contribution in [3.8, 4) is 5.69 Å². The van der Waals surface area contributed by atoms with E-state index in [-0.39, 0.29) is 17.9 Å². The molecule has 0 spiro atoms. The van der Waals surface area contributed by atoms with Crippen LogP contribution in [0, 0.1) is 0 Å². The van der Waals surface area contributed by atoms with Gasteiger partial charge in [0, 0.05) is 55.2 Å². The zero-order valence-electron chi connectivity index (χ0n) is 15.4. The number of aromatic nitrogens is 3. The first-order chi connectivity index (χ1) is 13.7. The van der Waals surface area contributed by atoms with Crippen molar-refractivity contribution in [1.29, 1.82) is 0 Å². The van der Waals surface area contributed by atoms with Crippen LogP contribution in [0.15, 0.2) is 67.4 Å². The van der Waals surface area contributed by atoms with Crippen LogP contribution in [-0.4, -0.2) is 50.4 Å². The van der Waals surface area contributed by atoms with Crippen molar-refractivity contribution in [2.45, 2.75) is 18.9 Å². The number of piperidine rings is 1. The number of likely N-dealkylation sites (tertiary alicyclic amines) is 1. The minimum absolute atomic E-state index is 0.0257. The Morgan fingerprint density at radius 3 is 2.36 bits per heavy atom. The largest absolute Gasteiger partial charge is 0.348 e. The summed E-state index contributed by atoms with van der Waals surface area (Å²) < 4.78 is 2.00. The monoisotopic (exact) mass is 375 g/mol. The maximum atomic E-state index is 12.8. The minimum atomic E-state index is -0.224. The molecule has 1 aliphatic heterocycles. The third-order valence-electron chi connectivity index (χ3n) is 4.93. The van der Waals surface area contributed by atoms with Gasteiger partial charge in [-0.2, -0.15) is 0 Å². The second kappa shape index (κ2) is 8.04. The molecular formula is C21H21N5O2. The average Bonchev–Trinajstić information content (AvgIpc) is 3.29. The molecule has 2 amide bonds. The van der Waals surface area contributed by atoms with E-state index < -0.39 is 0 Å². The molecule has 7 heteroatoms. The Labute approximate surface area is 163 Å². The quantitative estimate of drug-likeness (QED) is 0.759. The number of amides is 2. The Balaban J connectivity index is 1.32. The fourth-order valence-electron chi connectivity index (χ4n) is 3.37. The summed E-state index contributed by atoms with van der Waals surface area (Å²) in [5, 5.41) is 2.98. The fraction of sp³-hybridized carbons (Fsp3) is 0.238. The zero-order valence-corrected chi connectivity index (χ0v) is 15.4. The number of nitrogens with one attached hydrogen (secondary N) is 1. The molecule has 1 N–H and O–H groups in total. The molecule has 142 valence electrons. The summed E-state index contributed by atoms with van der Waals surface area (Å²) in [7, 11) is 0. The van der Waals surface area contributed by atoms with Crippen LogP contribution in [0.2, 0.25) is 0 Å². The highest BCUT2D eigenvalue weighted by atomic mass is 16.2. The summed E-state index contributed by atoms with van der Waals surface area (Å²) in [6.07, 6.45) is 9.86. The van der Waals surface area contributed by atoms with Gasteiger partial charge in [-0.05, 0) is 49.2 Å². The Morgan fingerprint density at radius 2 is 1.71 bits per heavy atom. The van der Waals surface area contributed by atoms with Gasteiger partial charge >= 0.3 is 0 Å². The number of nitrogens with zero attached hydrogens (tertiary/aromatic N) is 4. The number of rotatable bonds is 4. The molecule has 1 saturated heterocycles. The first-order valence-corrected chi connectivity index (χ1v) is 9.30. The molecule has 0 bridgehead atoms. The van der Waals surface area contributed by atoms with Crippen molar-refractivity contribution in [3.05, 3.63) is 78.6 Å². The van der Waals surface area contributed by atoms with E-state index in [0.717, 1.165) is 18.5 Å². The molecule has 1 aliphatic rings. The van der Waals surface area contributed by atoms with E-state index in [4.69, 9.17) is 0 Å². The van der Waals surface area contributed by atoms with E-state index in [1.807, 2.05) is 58.3 Å². The van der Waals surface area contributed by atoms with Gasteiger partial charge in [0.25, 0.3) is 11.8 Å². The Hall–Kier alpha value is -3.48. The molecule has 4 rings (SSSR count). The predicted octanol–water partition coefficient (Wildman–Crippen LogP) is 2.30. The van der Waals surface area contributed by atoms with Crippen LogP contribution in [0.3, 0.4) is 0 Å². The van der Waals surface area contributed by atoms with Gasteiger partial charge in [-0.3, -0.25) is 14.6 Å². The summed E-state index contributed by atoms with van der Waals surface area (Å²) >= 11 is 0. The summed E-state index contributed by atoms with van der Waals surface area (Å²) in [6.45, 7) is 1.23. The first kappa shape index (κ1) is 17.9. The number of carbonyl (C=O) groups is 2. The van der Waals surface area contributed by atoms with Crippen LogP contribution in [0.25, 0.3) is 5.69 Å². The third-order valence-corrected chi connectivity index (χ3v) is 4.93. The Morgan fingerprint density at radius 1 is 1.00 bits per heavy atom. The summed E-state index contributed by atoms with van der Waals surface area (Å²) in [4.78, 5) is 34.7. The van der Waals surface area contributed by atoms with Gasteiger partial charge in [-0.1, -0.05) is 0 Å². The van der Waals surface area contributed by atoms with E-state index in [2.05, 4.69) is 15.3 Å². The number of benzene rings is 1. The molecule has 3 heterocycles. The topological polar surface area (TPSA) is 80.1 Å². The number of carbonyl (C=O) groups excluding carboxylic acids is 2. The number of hydrogen-bond donors (Lipinski definition) is 1. The maximum Gasteiger partial charge on any atom is 0.271 e. The van der Waals surface area contributed by atoms with Gasteiger partial charge in [-0.15, -0.1) is 0 Å². The highest BCUT2D eigenvalue weighted by Crippen LogP contribution is 2.16. The highest BCUT2D eigenvalue weighted by Gasteiger charge is 2.25. The molecule has 0 saturated carbocycles. The Bertz CT molecular complexity index is 931. The van der Waals surface area contributed by atoms with Crippen LogP contribution in [0.1, 0.15) is 33.7 Å². The van der Waals surface area contributed by atoms with Crippen molar-refractivity contribution in [3.63, 3.8) is 0 Å². The Kier molecular flexibility index (Phi) is 5.14. The van der Waals surface area contributed by atoms with E-state index in [9.17, 15) is 9.59 Å². The smallest absolute Gasteiger partial charge is 0.271 e. The molecular weight excluding hydrogens is 354 g/mol. The molecule has 28 heavy (non-hydrogen) atoms. The van der Waals surface area contributed by atoms with Crippen LogP contribution < -0.4 is 5.32 Å². The molecule has 1 aromatic carbocycles. The molecule has 7 nitrogen and oxygen atoms in total. The lowest BCUT2D eigenvalue weighted by molar-refractivity contribution is 0.0697. The van der Waals surface area contributed by atoms with Gasteiger partial charge in [0.1, 0.15) is 5.69 Å². The lowest BCUT2D eigenvalue weighted by Crippen LogP contribution is -2.46. The van der Waals surface area contributed by atoms with Crippen molar-refractivity contribution in [2.24, 2.45) is 0 Å². The van der Waals surface area contributed by atoms with Crippen LogP contribution in [0.5, 0.6) is 0 Å². The molecule has 1 fully saturated rings. The normalized spacial score (nSPS) is 14.6. The molecule has 0 unspecified atom stereocenters. The van der Waals surface area contributed by atoms with Crippen molar-refractivity contribution < 1.29 is 9.59 Å². The van der Waals surface area contributed by atoms with E-state index in [1.54, 1.807) is 0 Å². The summed E-state index contributed by atoms with van der Waals surface area (Å²) in [6, 6.07) is 11.6. The van der Waals surface area contributed by atoms with Crippen molar-refractivity contribution >= 4 is 11.8 Å². The SMILES string of the molecule is O=C(NC1CCN(C(=O)c2ccc(-n3cccc3)cc2)CC1)c1cnccn1. The summed E-state index contributed by atoms with van der Waals surface area (Å²) in [5.74, 6) is -0.198. The number of hydrogen-bond acceptors (Lipinski definition) is 4. The van der Waals surface area contributed by atoms with Crippen LogP contribution in [0.4, 0.5) is 0 Å². The lowest BCUT2D eigenvalue weighted by Gasteiger charge is -2.32. The second-order valence-corrected chi connectivity index (χ2v) is 6.77. The highest BCUT2D eigenvalue weighted by molar-refractivity contribution is 5.94. The van der Waals surface area contributed by atoms with Gasteiger partial charge in [0.2, 0.25) is 0 Å². The van der Waals surface area contributed by atoms with E-state index in [1.165, 1.54) is 18.6 Å². The molecule has 2 aromatic heterocycles. The van der Waals surface area contributed by atoms with E-state index >= 15 is 0 Å². The van der Waals surface area contributed by atoms with Gasteiger partial charge in [-0.25, -0.2) is 4.98 Å². The van der Waals surface area contributed by atoms with Crippen molar-refractivity contribution in [2.75, 3.05) is 13.1 Å². The summed E-state index contributed by atoms with van der Waals surface area (Å²) in [5.41, 5.74) is 2.01. The fourth-order valence-corrected chi connectivity index (χ4v) is 3.37. The maximum absolute atomic E-state index is 12.8. The molecule has 0 radical (unpaired) electrons. The van der Waals surface area contributed by atoms with Crippen LogP contribution in [-0.2, 0) is 0 Å². The standard InChI is InChI=1S/C21H21N5O2/c27-20(19-15-22-9-10-23-19)24-17-7-13-26(14-8-17)21(28)16-3-5-18(6-4-16)25-11-1-2-12-25/h1-6,9-12,15,17H,7-8,13-14H2,(H,24,27). The first-order valence-electron chi connectivity index (χ1n) is 9.30. The zero-order chi connectivity index (χ0) is 19.3. The van der Waals surface area contributed by atoms with Gasteiger partial charge in [0.15, 0.2) is 0 Å². The second-order valence-electron chi connectivity index (χ2n) is 6.77. The van der Waals surface area contributed by atoms with Crippen LogP contribution >= 0.6 is 0 Å². The average molecular weight is 375 g/mol. The van der Waals surface area contributed by atoms with E-state index in [0.29, 0.717) is 24.3 Å². The molecule has 0 atom stereocenters. The third kappa shape index (κ3) is 3.93. The lowest BCUT2D eigenvalue weighted by atomic mass is 10.0. The van der Waals surface area contributed by atoms with Crippen molar-refractivity contribution in [1.82, 2.24) is 24.8 Å². The predicted molar refractivity (Wildman–Crippen MR) is 104 cm³/mol. The van der Waals surface area contributed by atoms with Gasteiger partial charge < -0.3 is 14.8 Å². The molecule has 0 aliphatic carbocycles. The van der Waals surface area contributed by atoms with Gasteiger partial charge in [0.05, 0.1) is 6.20 Å².